The smallest absolute Gasteiger partial charge is 0.373 e. The van der Waals surface area contributed by atoms with E-state index in [0.717, 1.165) is 17.1 Å². The van der Waals surface area contributed by atoms with Crippen molar-refractivity contribution in [1.82, 2.24) is 15.0 Å². The molecule has 6 nitrogen and oxygen atoms in total. The lowest BCUT2D eigenvalue weighted by Crippen LogP contribution is -2.05. The van der Waals surface area contributed by atoms with Gasteiger partial charge in [0.05, 0.1) is 11.7 Å². The van der Waals surface area contributed by atoms with E-state index in [1.54, 1.807) is 12.1 Å². The zero-order valence-electron chi connectivity index (χ0n) is 9.48. The summed E-state index contributed by atoms with van der Waals surface area (Å²) < 4.78 is 5.13. The average molecular weight is 273 g/mol. The van der Waals surface area contributed by atoms with E-state index in [4.69, 9.17) is 9.52 Å². The van der Waals surface area contributed by atoms with Crippen LogP contribution in [0.4, 0.5) is 0 Å². The maximum absolute atomic E-state index is 11.0. The number of hydrogen-bond acceptors (Lipinski definition) is 6. The number of rotatable bonds is 3. The minimum Gasteiger partial charge on any atom is -0.475 e. The highest BCUT2D eigenvalue weighted by atomic mass is 32.2. The molecule has 0 aliphatic heterocycles. The molecule has 0 unspecified atom stereocenters. The molecule has 1 N–H and O–H groups in total. The van der Waals surface area contributed by atoms with Crippen LogP contribution in [0.2, 0.25) is 0 Å². The van der Waals surface area contributed by atoms with E-state index in [-0.39, 0.29) is 5.82 Å². The zero-order chi connectivity index (χ0) is 13.2. The number of aromatic carboxylic acids is 1. The summed E-state index contributed by atoms with van der Waals surface area (Å²) in [4.78, 5) is 23.0. The van der Waals surface area contributed by atoms with E-state index in [1.807, 2.05) is 12.1 Å². The lowest BCUT2D eigenvalue weighted by atomic mass is 10.2. The fourth-order valence-corrected chi connectivity index (χ4v) is 2.36. The van der Waals surface area contributed by atoms with Gasteiger partial charge in [-0.2, -0.15) is 0 Å². The van der Waals surface area contributed by atoms with Crippen LogP contribution in [0.5, 0.6) is 0 Å². The molecule has 94 valence electrons. The van der Waals surface area contributed by atoms with Gasteiger partial charge in [0, 0.05) is 5.39 Å². The standard InChI is InChI=1S/C12H7N3O3S/c16-11(17)9-14-8-4-2-1-3-7(8)10(15-9)19-12-13-5-6-18-12/h1-6H,(H,16,17). The van der Waals surface area contributed by atoms with Crippen LogP contribution >= 0.6 is 11.8 Å². The van der Waals surface area contributed by atoms with Crippen molar-refractivity contribution in [3.05, 3.63) is 42.5 Å². The number of carboxylic acid groups (broad SMARTS) is 1. The summed E-state index contributed by atoms with van der Waals surface area (Å²) in [5.41, 5.74) is 0.573. The van der Waals surface area contributed by atoms with Crippen molar-refractivity contribution >= 4 is 28.6 Å². The zero-order valence-corrected chi connectivity index (χ0v) is 10.3. The first kappa shape index (κ1) is 11.7. The number of fused-ring (bicyclic) bond motifs is 1. The lowest BCUT2D eigenvalue weighted by molar-refractivity contribution is 0.0683. The monoisotopic (exact) mass is 273 g/mol. The van der Waals surface area contributed by atoms with Crippen LogP contribution in [0.15, 0.2) is 51.4 Å². The van der Waals surface area contributed by atoms with Crippen LogP contribution in [0.25, 0.3) is 10.9 Å². The van der Waals surface area contributed by atoms with Gasteiger partial charge in [0.25, 0.3) is 5.22 Å². The summed E-state index contributed by atoms with van der Waals surface area (Å²) in [5, 5.41) is 10.7. The van der Waals surface area contributed by atoms with Gasteiger partial charge in [-0.3, -0.25) is 0 Å². The number of para-hydroxylation sites is 1. The van der Waals surface area contributed by atoms with E-state index in [1.165, 1.54) is 12.5 Å². The van der Waals surface area contributed by atoms with Gasteiger partial charge in [-0.25, -0.2) is 19.7 Å². The van der Waals surface area contributed by atoms with Crippen LogP contribution < -0.4 is 0 Å². The van der Waals surface area contributed by atoms with Crippen molar-refractivity contribution in [2.75, 3.05) is 0 Å². The number of carboxylic acids is 1. The fraction of sp³-hybridized carbons (Fsp3) is 0. The van der Waals surface area contributed by atoms with E-state index < -0.39 is 5.97 Å². The first-order chi connectivity index (χ1) is 9.24. The Morgan fingerprint density at radius 2 is 2.11 bits per heavy atom. The van der Waals surface area contributed by atoms with Gasteiger partial charge in [0.2, 0.25) is 5.82 Å². The highest BCUT2D eigenvalue weighted by molar-refractivity contribution is 7.99. The van der Waals surface area contributed by atoms with Crippen LogP contribution in [0.1, 0.15) is 10.6 Å². The van der Waals surface area contributed by atoms with Crippen LogP contribution in [0.3, 0.4) is 0 Å². The highest BCUT2D eigenvalue weighted by Gasteiger charge is 2.14. The lowest BCUT2D eigenvalue weighted by Gasteiger charge is -2.04. The molecular formula is C12H7N3O3S. The number of nitrogens with zero attached hydrogens (tertiary/aromatic N) is 3. The van der Waals surface area contributed by atoms with Gasteiger partial charge in [-0.1, -0.05) is 18.2 Å². The second-order valence-electron chi connectivity index (χ2n) is 3.57. The van der Waals surface area contributed by atoms with E-state index >= 15 is 0 Å². The van der Waals surface area contributed by atoms with Crippen molar-refractivity contribution in [3.63, 3.8) is 0 Å². The minimum atomic E-state index is -1.17. The molecule has 3 rings (SSSR count). The largest absolute Gasteiger partial charge is 0.475 e. The van der Waals surface area contributed by atoms with Crippen LogP contribution in [-0.4, -0.2) is 26.0 Å². The number of hydrogen-bond donors (Lipinski definition) is 1. The number of benzene rings is 1. The highest BCUT2D eigenvalue weighted by Crippen LogP contribution is 2.30. The summed E-state index contributed by atoms with van der Waals surface area (Å²) in [5.74, 6) is -1.41. The number of aromatic nitrogens is 3. The van der Waals surface area contributed by atoms with Gasteiger partial charge < -0.3 is 9.52 Å². The summed E-state index contributed by atoms with van der Waals surface area (Å²) in [7, 11) is 0. The molecule has 0 radical (unpaired) electrons. The van der Waals surface area contributed by atoms with Crippen molar-refractivity contribution in [1.29, 1.82) is 0 Å². The summed E-state index contributed by atoms with van der Waals surface area (Å²) in [6, 6.07) is 7.20. The SMILES string of the molecule is O=C(O)c1nc(Sc2ncco2)c2ccccc2n1. The van der Waals surface area contributed by atoms with E-state index in [2.05, 4.69) is 15.0 Å². The van der Waals surface area contributed by atoms with Crippen molar-refractivity contribution in [2.45, 2.75) is 10.2 Å². The molecular weight excluding hydrogens is 266 g/mol. The Morgan fingerprint density at radius 1 is 1.26 bits per heavy atom. The van der Waals surface area contributed by atoms with Gasteiger partial charge in [0.1, 0.15) is 11.3 Å². The van der Waals surface area contributed by atoms with Gasteiger partial charge in [-0.05, 0) is 17.8 Å². The van der Waals surface area contributed by atoms with Gasteiger partial charge in [0.15, 0.2) is 0 Å². The maximum atomic E-state index is 11.0. The van der Waals surface area contributed by atoms with Crippen molar-refractivity contribution in [3.8, 4) is 0 Å². The predicted molar refractivity (Wildman–Crippen MR) is 67.1 cm³/mol. The molecule has 2 aromatic heterocycles. The van der Waals surface area contributed by atoms with Crippen LogP contribution in [-0.2, 0) is 0 Å². The Labute approximate surface area is 111 Å². The molecule has 0 fully saturated rings. The summed E-state index contributed by atoms with van der Waals surface area (Å²) in [6.07, 6.45) is 2.97. The first-order valence-corrected chi connectivity index (χ1v) is 6.13. The predicted octanol–water partition coefficient (Wildman–Crippen LogP) is 2.47. The molecule has 0 amide bonds. The Morgan fingerprint density at radius 3 is 2.84 bits per heavy atom. The molecule has 0 atom stereocenters. The molecule has 1 aromatic carbocycles. The van der Waals surface area contributed by atoms with Gasteiger partial charge >= 0.3 is 5.97 Å². The maximum Gasteiger partial charge on any atom is 0.373 e. The quantitative estimate of drug-likeness (QED) is 0.733. The molecule has 2 heterocycles. The fourth-order valence-electron chi connectivity index (χ4n) is 1.56. The average Bonchev–Trinajstić information content (AvgIpc) is 2.91. The van der Waals surface area contributed by atoms with Crippen molar-refractivity contribution in [2.24, 2.45) is 0 Å². The molecule has 0 saturated carbocycles. The topological polar surface area (TPSA) is 89.1 Å². The Kier molecular flexibility index (Phi) is 2.88. The Hall–Kier alpha value is -2.41. The Bertz CT molecular complexity index is 743. The molecule has 0 spiro atoms. The third-order valence-electron chi connectivity index (χ3n) is 2.35. The minimum absolute atomic E-state index is 0.243. The second kappa shape index (κ2) is 4.69. The molecule has 7 heteroatoms. The molecule has 0 saturated heterocycles. The summed E-state index contributed by atoms with van der Waals surface area (Å²) in [6.45, 7) is 0. The first-order valence-electron chi connectivity index (χ1n) is 5.31. The molecule has 19 heavy (non-hydrogen) atoms. The number of carbonyl (C=O) groups is 1. The summed E-state index contributed by atoms with van der Waals surface area (Å²) >= 11 is 1.16. The van der Waals surface area contributed by atoms with E-state index in [0.29, 0.717) is 15.8 Å². The van der Waals surface area contributed by atoms with Crippen LogP contribution in [0, 0.1) is 0 Å². The normalized spacial score (nSPS) is 10.7. The van der Waals surface area contributed by atoms with Gasteiger partial charge in [-0.15, -0.1) is 0 Å². The molecule has 0 aliphatic carbocycles. The Balaban J connectivity index is 2.17. The third kappa shape index (κ3) is 2.27. The second-order valence-corrected chi connectivity index (χ2v) is 4.51. The molecule has 0 bridgehead atoms. The van der Waals surface area contributed by atoms with E-state index in [9.17, 15) is 4.79 Å². The number of oxazole rings is 1. The molecule has 0 aliphatic rings. The third-order valence-corrected chi connectivity index (χ3v) is 3.23. The van der Waals surface area contributed by atoms with Crippen molar-refractivity contribution < 1.29 is 14.3 Å². The molecule has 3 aromatic rings.